The van der Waals surface area contributed by atoms with Crippen molar-refractivity contribution in [3.05, 3.63) is 24.3 Å². The van der Waals surface area contributed by atoms with Crippen LogP contribution < -0.4 is 5.32 Å². The SMILES string of the molecule is CCCCCCCCCCCCCCCCCCCCCCCCCCC/C=C/CC/C=C/C(O)C(CO)NC(=O)CCCCCCCCCCCCCCCC. The van der Waals surface area contributed by atoms with E-state index in [2.05, 4.69) is 31.3 Å². The Morgan fingerprint density at radius 3 is 1.02 bits per heavy atom. The number of aliphatic hydroxyl groups excluding tert-OH is 2. The highest BCUT2D eigenvalue weighted by atomic mass is 16.3. The average molecular weight is 802 g/mol. The fourth-order valence-electron chi connectivity index (χ4n) is 8.20. The summed E-state index contributed by atoms with van der Waals surface area (Å²) < 4.78 is 0. The number of hydrogen-bond acceptors (Lipinski definition) is 3. The van der Waals surface area contributed by atoms with Gasteiger partial charge < -0.3 is 15.5 Å². The zero-order chi connectivity index (χ0) is 41.4. The van der Waals surface area contributed by atoms with E-state index in [1.807, 2.05) is 6.08 Å². The van der Waals surface area contributed by atoms with Crippen LogP contribution in [0, 0.1) is 0 Å². The van der Waals surface area contributed by atoms with Gasteiger partial charge in [0.25, 0.3) is 0 Å². The molecule has 0 aromatic rings. The highest BCUT2D eigenvalue weighted by Crippen LogP contribution is 2.17. The van der Waals surface area contributed by atoms with Crippen LogP contribution in [0.4, 0.5) is 0 Å². The molecule has 0 heterocycles. The first-order valence-electron chi connectivity index (χ1n) is 26.1. The predicted molar refractivity (Wildman–Crippen MR) is 253 cm³/mol. The molecular weight excluding hydrogens is 699 g/mol. The van der Waals surface area contributed by atoms with E-state index in [-0.39, 0.29) is 12.5 Å². The Bertz CT molecular complexity index is 825. The molecule has 4 nitrogen and oxygen atoms in total. The standard InChI is InChI=1S/C53H103NO3/c1-3-5-7-9-11-13-15-17-19-20-21-22-23-24-25-26-27-28-29-30-31-32-33-34-35-36-38-40-42-44-46-48-52(56)51(50-55)54-53(57)49-47-45-43-41-39-37-18-16-14-12-10-8-6-4-2/h38,40,46,48,51-52,55-56H,3-37,39,41-45,47,49-50H2,1-2H3,(H,54,57)/b40-38+,48-46+. The lowest BCUT2D eigenvalue weighted by atomic mass is 10.0. The Kier molecular flexibility index (Phi) is 48.3. The molecule has 0 aliphatic heterocycles. The number of nitrogens with one attached hydrogen (secondary N) is 1. The number of unbranched alkanes of at least 4 members (excludes halogenated alkanes) is 39. The summed E-state index contributed by atoms with van der Waals surface area (Å²) in [7, 11) is 0. The van der Waals surface area contributed by atoms with Gasteiger partial charge in [0.2, 0.25) is 5.91 Å². The van der Waals surface area contributed by atoms with Gasteiger partial charge in [0.05, 0.1) is 18.8 Å². The Morgan fingerprint density at radius 2 is 0.684 bits per heavy atom. The van der Waals surface area contributed by atoms with Gasteiger partial charge in [-0.25, -0.2) is 0 Å². The minimum absolute atomic E-state index is 0.0701. The lowest BCUT2D eigenvalue weighted by molar-refractivity contribution is -0.123. The van der Waals surface area contributed by atoms with Crippen molar-refractivity contribution in [1.29, 1.82) is 0 Å². The zero-order valence-corrected chi connectivity index (χ0v) is 38.9. The van der Waals surface area contributed by atoms with Crippen molar-refractivity contribution >= 4 is 5.91 Å². The minimum Gasteiger partial charge on any atom is -0.394 e. The molecule has 2 atom stereocenters. The summed E-state index contributed by atoms with van der Waals surface area (Å²) in [6.07, 6.45) is 64.8. The second-order valence-corrected chi connectivity index (χ2v) is 17.9. The summed E-state index contributed by atoms with van der Waals surface area (Å²) in [5, 5.41) is 23.1. The van der Waals surface area contributed by atoms with Gasteiger partial charge in [-0.1, -0.05) is 276 Å². The van der Waals surface area contributed by atoms with E-state index < -0.39 is 12.1 Å². The van der Waals surface area contributed by atoms with Crippen molar-refractivity contribution in [2.24, 2.45) is 0 Å². The summed E-state index contributed by atoms with van der Waals surface area (Å²) in [6.45, 7) is 4.32. The molecule has 3 N–H and O–H groups in total. The Labute approximate surface area is 358 Å². The molecule has 0 aromatic carbocycles. The maximum Gasteiger partial charge on any atom is 0.220 e. The van der Waals surface area contributed by atoms with Crippen LogP contribution in [0.1, 0.15) is 290 Å². The third-order valence-electron chi connectivity index (χ3n) is 12.2. The molecule has 0 spiro atoms. The Balaban J connectivity index is 3.47. The number of rotatable bonds is 48. The monoisotopic (exact) mass is 802 g/mol. The second-order valence-electron chi connectivity index (χ2n) is 17.9. The van der Waals surface area contributed by atoms with Gasteiger partial charge in [-0.05, 0) is 32.1 Å². The topological polar surface area (TPSA) is 69.6 Å². The molecule has 338 valence electrons. The predicted octanol–water partition coefficient (Wildman–Crippen LogP) is 16.8. The fraction of sp³-hybridized carbons (Fsp3) is 0.906. The van der Waals surface area contributed by atoms with E-state index in [1.54, 1.807) is 6.08 Å². The lowest BCUT2D eigenvalue weighted by Gasteiger charge is -2.19. The maximum absolute atomic E-state index is 12.4. The van der Waals surface area contributed by atoms with Gasteiger partial charge >= 0.3 is 0 Å². The Morgan fingerprint density at radius 1 is 0.404 bits per heavy atom. The van der Waals surface area contributed by atoms with Crippen molar-refractivity contribution in [1.82, 2.24) is 5.32 Å². The first-order chi connectivity index (χ1) is 28.2. The van der Waals surface area contributed by atoms with Crippen LogP contribution in [0.2, 0.25) is 0 Å². The summed E-state index contributed by atoms with van der Waals surface area (Å²) in [5.74, 6) is -0.0701. The van der Waals surface area contributed by atoms with Crippen LogP contribution in [0.5, 0.6) is 0 Å². The number of carbonyl (C=O) groups is 1. The van der Waals surface area contributed by atoms with Crippen molar-refractivity contribution in [3.63, 3.8) is 0 Å². The lowest BCUT2D eigenvalue weighted by Crippen LogP contribution is -2.45. The highest BCUT2D eigenvalue weighted by molar-refractivity contribution is 5.76. The molecule has 0 saturated carbocycles. The first-order valence-corrected chi connectivity index (χ1v) is 26.1. The van der Waals surface area contributed by atoms with Crippen LogP contribution in [-0.4, -0.2) is 34.9 Å². The van der Waals surface area contributed by atoms with Gasteiger partial charge in [0, 0.05) is 6.42 Å². The van der Waals surface area contributed by atoms with Crippen molar-refractivity contribution in [2.45, 2.75) is 302 Å². The maximum atomic E-state index is 12.4. The molecule has 57 heavy (non-hydrogen) atoms. The normalized spacial score (nSPS) is 13.0. The number of allylic oxidation sites excluding steroid dienone is 3. The Hall–Kier alpha value is -1.13. The molecule has 0 aliphatic carbocycles. The van der Waals surface area contributed by atoms with E-state index >= 15 is 0 Å². The molecule has 0 rings (SSSR count). The molecular formula is C53H103NO3. The molecule has 0 bridgehead atoms. The average Bonchev–Trinajstić information content (AvgIpc) is 3.22. The number of carbonyl (C=O) groups excluding carboxylic acids is 1. The molecule has 0 aliphatic rings. The smallest absolute Gasteiger partial charge is 0.220 e. The molecule has 0 radical (unpaired) electrons. The van der Waals surface area contributed by atoms with Crippen LogP contribution in [0.15, 0.2) is 24.3 Å². The summed E-state index contributed by atoms with van der Waals surface area (Å²) in [4.78, 5) is 12.4. The van der Waals surface area contributed by atoms with Crippen LogP contribution in [0.3, 0.4) is 0 Å². The van der Waals surface area contributed by atoms with Crippen LogP contribution >= 0.6 is 0 Å². The van der Waals surface area contributed by atoms with Crippen molar-refractivity contribution in [3.8, 4) is 0 Å². The van der Waals surface area contributed by atoms with Gasteiger partial charge in [0.1, 0.15) is 0 Å². The highest BCUT2D eigenvalue weighted by Gasteiger charge is 2.17. The van der Waals surface area contributed by atoms with Gasteiger partial charge in [-0.3, -0.25) is 4.79 Å². The van der Waals surface area contributed by atoms with E-state index in [1.165, 1.54) is 238 Å². The van der Waals surface area contributed by atoms with Gasteiger partial charge in [-0.15, -0.1) is 0 Å². The van der Waals surface area contributed by atoms with Gasteiger partial charge in [0.15, 0.2) is 0 Å². The summed E-state index contributed by atoms with van der Waals surface area (Å²) in [5.41, 5.74) is 0. The third-order valence-corrected chi connectivity index (χ3v) is 12.2. The summed E-state index contributed by atoms with van der Waals surface area (Å²) >= 11 is 0. The number of hydrogen-bond donors (Lipinski definition) is 3. The van der Waals surface area contributed by atoms with Gasteiger partial charge in [-0.2, -0.15) is 0 Å². The molecule has 1 amide bonds. The first kappa shape index (κ1) is 55.9. The van der Waals surface area contributed by atoms with Crippen molar-refractivity contribution in [2.75, 3.05) is 6.61 Å². The third kappa shape index (κ3) is 45.8. The molecule has 0 aromatic heterocycles. The van der Waals surface area contributed by atoms with E-state index in [0.717, 1.165) is 32.1 Å². The number of aliphatic hydroxyl groups is 2. The van der Waals surface area contributed by atoms with E-state index in [4.69, 9.17) is 0 Å². The van der Waals surface area contributed by atoms with E-state index in [9.17, 15) is 15.0 Å². The zero-order valence-electron chi connectivity index (χ0n) is 38.9. The molecule has 4 heteroatoms. The molecule has 0 fully saturated rings. The second kappa shape index (κ2) is 49.2. The minimum atomic E-state index is -0.858. The van der Waals surface area contributed by atoms with Crippen LogP contribution in [-0.2, 0) is 4.79 Å². The number of amides is 1. The quantitative estimate of drug-likeness (QED) is 0.0424. The largest absolute Gasteiger partial charge is 0.394 e. The fourth-order valence-corrected chi connectivity index (χ4v) is 8.20. The molecule has 0 saturated heterocycles. The summed E-state index contributed by atoms with van der Waals surface area (Å²) in [6, 6.07) is -0.635. The van der Waals surface area contributed by atoms with Crippen molar-refractivity contribution < 1.29 is 15.0 Å². The van der Waals surface area contributed by atoms with E-state index in [0.29, 0.717) is 6.42 Å². The van der Waals surface area contributed by atoms with Crippen LogP contribution in [0.25, 0.3) is 0 Å². The molecule has 2 unspecified atom stereocenters.